The summed E-state index contributed by atoms with van der Waals surface area (Å²) in [7, 11) is 0. The maximum absolute atomic E-state index is 10.8. The van der Waals surface area contributed by atoms with Gasteiger partial charge in [0.1, 0.15) is 6.29 Å². The number of anilines is 1. The fraction of sp³-hybridized carbons (Fsp3) is 0.500. The molecular weight excluding hydrogens is 198 g/mol. The largest absolute Gasteiger partial charge is 0.366 e. The lowest BCUT2D eigenvalue weighted by molar-refractivity contribution is 0.112. The van der Waals surface area contributed by atoms with Crippen LogP contribution in [-0.4, -0.2) is 18.4 Å². The van der Waals surface area contributed by atoms with Gasteiger partial charge in [-0.2, -0.15) is 0 Å². The Morgan fingerprint density at radius 3 is 2.62 bits per heavy atom. The molecule has 1 fully saturated rings. The molecule has 0 bridgehead atoms. The summed E-state index contributed by atoms with van der Waals surface area (Å²) in [6.45, 7) is 7.68. The predicted molar refractivity (Wildman–Crippen MR) is 67.2 cm³/mol. The van der Waals surface area contributed by atoms with Crippen LogP contribution in [0.25, 0.3) is 0 Å². The fourth-order valence-corrected chi connectivity index (χ4v) is 2.55. The van der Waals surface area contributed by atoms with Crippen LogP contribution in [0.15, 0.2) is 18.2 Å². The summed E-state index contributed by atoms with van der Waals surface area (Å²) in [5, 5.41) is 0. The van der Waals surface area contributed by atoms with Crippen molar-refractivity contribution in [3.63, 3.8) is 0 Å². The van der Waals surface area contributed by atoms with Crippen LogP contribution < -0.4 is 4.90 Å². The first-order valence-electron chi connectivity index (χ1n) is 5.88. The van der Waals surface area contributed by atoms with Crippen LogP contribution >= 0.6 is 0 Å². The molecule has 1 aliphatic rings. The normalized spacial score (nSPS) is 18.8. The number of nitrogens with zero attached hydrogens (tertiary/aromatic N) is 1. The molecule has 1 saturated heterocycles. The van der Waals surface area contributed by atoms with Gasteiger partial charge < -0.3 is 4.90 Å². The summed E-state index contributed by atoms with van der Waals surface area (Å²) < 4.78 is 0. The Balaban J connectivity index is 2.34. The number of aryl methyl sites for hydroxylation is 1. The van der Waals surface area contributed by atoms with E-state index < -0.39 is 0 Å². The zero-order valence-corrected chi connectivity index (χ0v) is 10.3. The number of benzene rings is 1. The van der Waals surface area contributed by atoms with E-state index in [0.717, 1.165) is 24.0 Å². The van der Waals surface area contributed by atoms with Crippen molar-refractivity contribution in [3.8, 4) is 0 Å². The molecule has 0 spiro atoms. The van der Waals surface area contributed by atoms with Crippen molar-refractivity contribution in [3.05, 3.63) is 29.3 Å². The van der Waals surface area contributed by atoms with Gasteiger partial charge in [-0.05, 0) is 57.4 Å². The third kappa shape index (κ3) is 1.84. The number of carbonyl (C=O) groups is 1. The van der Waals surface area contributed by atoms with E-state index in [1.54, 1.807) is 0 Å². The maximum atomic E-state index is 10.8. The smallest absolute Gasteiger partial charge is 0.150 e. The summed E-state index contributed by atoms with van der Waals surface area (Å²) in [6.07, 6.45) is 3.41. The Labute approximate surface area is 97.3 Å². The van der Waals surface area contributed by atoms with Crippen LogP contribution in [0.1, 0.15) is 42.6 Å². The second kappa shape index (κ2) is 3.93. The molecule has 0 aromatic heterocycles. The molecule has 1 aliphatic heterocycles. The molecule has 2 heteroatoms. The lowest BCUT2D eigenvalue weighted by Gasteiger charge is -2.34. The van der Waals surface area contributed by atoms with Crippen molar-refractivity contribution < 1.29 is 4.79 Å². The molecular formula is C14H19NO. The minimum atomic E-state index is 0.245. The lowest BCUT2D eigenvalue weighted by atomic mass is 10.0. The first-order chi connectivity index (χ1) is 7.54. The molecule has 2 rings (SSSR count). The number of hydrogen-bond acceptors (Lipinski definition) is 2. The number of aldehydes is 1. The zero-order chi connectivity index (χ0) is 11.8. The summed E-state index contributed by atoms with van der Waals surface area (Å²) >= 11 is 0. The van der Waals surface area contributed by atoms with Gasteiger partial charge in [0.15, 0.2) is 0 Å². The van der Waals surface area contributed by atoms with Gasteiger partial charge in [0.2, 0.25) is 0 Å². The summed E-state index contributed by atoms with van der Waals surface area (Å²) in [5.41, 5.74) is 3.34. The van der Waals surface area contributed by atoms with Crippen molar-refractivity contribution in [1.82, 2.24) is 0 Å². The third-order valence-electron chi connectivity index (χ3n) is 3.59. The van der Waals surface area contributed by atoms with Crippen LogP contribution in [-0.2, 0) is 0 Å². The van der Waals surface area contributed by atoms with Crippen LogP contribution in [0.3, 0.4) is 0 Å². The Morgan fingerprint density at radius 1 is 1.38 bits per heavy atom. The number of hydrogen-bond donors (Lipinski definition) is 0. The molecule has 2 nitrogen and oxygen atoms in total. The van der Waals surface area contributed by atoms with E-state index >= 15 is 0 Å². The summed E-state index contributed by atoms with van der Waals surface area (Å²) in [5.74, 6) is 0. The van der Waals surface area contributed by atoms with E-state index in [0.29, 0.717) is 0 Å². The Hall–Kier alpha value is -1.31. The number of carbonyl (C=O) groups excluding carboxylic acids is 1. The van der Waals surface area contributed by atoms with Gasteiger partial charge in [-0.25, -0.2) is 0 Å². The molecule has 0 amide bonds. The second-order valence-electron chi connectivity index (χ2n) is 5.23. The zero-order valence-electron chi connectivity index (χ0n) is 10.3. The number of rotatable bonds is 2. The SMILES string of the molecule is Cc1cc(N2CCCC2(C)C)ccc1C=O. The van der Waals surface area contributed by atoms with Crippen LogP contribution in [0.5, 0.6) is 0 Å². The Bertz CT molecular complexity index is 409. The molecule has 0 unspecified atom stereocenters. The highest BCUT2D eigenvalue weighted by molar-refractivity contribution is 5.78. The highest BCUT2D eigenvalue weighted by Gasteiger charge is 2.31. The van der Waals surface area contributed by atoms with Crippen molar-refractivity contribution in [2.75, 3.05) is 11.4 Å². The highest BCUT2D eigenvalue weighted by atomic mass is 16.1. The maximum Gasteiger partial charge on any atom is 0.150 e. The van der Waals surface area contributed by atoms with Crippen LogP contribution in [0, 0.1) is 6.92 Å². The first kappa shape index (κ1) is 11.2. The molecule has 1 aromatic rings. The molecule has 0 radical (unpaired) electrons. The molecule has 1 aromatic carbocycles. The van der Waals surface area contributed by atoms with Gasteiger partial charge in [0, 0.05) is 23.3 Å². The van der Waals surface area contributed by atoms with E-state index in [-0.39, 0.29) is 5.54 Å². The van der Waals surface area contributed by atoms with Crippen molar-refractivity contribution in [2.24, 2.45) is 0 Å². The van der Waals surface area contributed by atoms with Crippen LogP contribution in [0.2, 0.25) is 0 Å². The average Bonchev–Trinajstić information content (AvgIpc) is 2.58. The molecule has 0 atom stereocenters. The van der Waals surface area contributed by atoms with E-state index in [4.69, 9.17) is 0 Å². The quantitative estimate of drug-likeness (QED) is 0.709. The predicted octanol–water partition coefficient (Wildman–Crippen LogP) is 3.19. The van der Waals surface area contributed by atoms with E-state index in [9.17, 15) is 4.79 Å². The van der Waals surface area contributed by atoms with Gasteiger partial charge in [0.05, 0.1) is 0 Å². The Kier molecular flexibility index (Phi) is 2.75. The molecule has 16 heavy (non-hydrogen) atoms. The van der Waals surface area contributed by atoms with E-state index in [1.807, 2.05) is 13.0 Å². The van der Waals surface area contributed by atoms with Gasteiger partial charge in [-0.15, -0.1) is 0 Å². The minimum absolute atomic E-state index is 0.245. The molecule has 0 aliphatic carbocycles. The molecule has 86 valence electrons. The van der Waals surface area contributed by atoms with Gasteiger partial charge in [-0.3, -0.25) is 4.79 Å². The average molecular weight is 217 g/mol. The standard InChI is InChI=1S/C14H19NO/c1-11-9-13(6-5-12(11)10-16)15-8-4-7-14(15,2)3/h5-6,9-10H,4,7-8H2,1-3H3. The fourth-order valence-electron chi connectivity index (χ4n) is 2.55. The molecule has 1 heterocycles. The van der Waals surface area contributed by atoms with Gasteiger partial charge >= 0.3 is 0 Å². The minimum Gasteiger partial charge on any atom is -0.366 e. The van der Waals surface area contributed by atoms with E-state index in [2.05, 4.69) is 30.9 Å². The summed E-state index contributed by atoms with van der Waals surface area (Å²) in [6, 6.07) is 6.10. The molecule has 0 saturated carbocycles. The van der Waals surface area contributed by atoms with Crippen molar-refractivity contribution in [1.29, 1.82) is 0 Å². The molecule has 0 N–H and O–H groups in total. The Morgan fingerprint density at radius 2 is 2.12 bits per heavy atom. The lowest BCUT2D eigenvalue weighted by Crippen LogP contribution is -2.38. The van der Waals surface area contributed by atoms with Gasteiger partial charge in [-0.1, -0.05) is 0 Å². The van der Waals surface area contributed by atoms with Crippen LogP contribution in [0.4, 0.5) is 5.69 Å². The highest BCUT2D eigenvalue weighted by Crippen LogP contribution is 2.34. The van der Waals surface area contributed by atoms with Crippen molar-refractivity contribution in [2.45, 2.75) is 39.2 Å². The topological polar surface area (TPSA) is 20.3 Å². The third-order valence-corrected chi connectivity index (χ3v) is 3.59. The van der Waals surface area contributed by atoms with E-state index in [1.165, 1.54) is 18.5 Å². The summed E-state index contributed by atoms with van der Waals surface area (Å²) in [4.78, 5) is 13.2. The van der Waals surface area contributed by atoms with Gasteiger partial charge in [0.25, 0.3) is 0 Å². The monoisotopic (exact) mass is 217 g/mol. The second-order valence-corrected chi connectivity index (χ2v) is 5.23. The van der Waals surface area contributed by atoms with Crippen molar-refractivity contribution >= 4 is 12.0 Å². The first-order valence-corrected chi connectivity index (χ1v) is 5.88.